The fourth-order valence-electron chi connectivity index (χ4n) is 1.46. The van der Waals surface area contributed by atoms with E-state index in [1.54, 1.807) is 12.1 Å². The van der Waals surface area contributed by atoms with Gasteiger partial charge in [0.15, 0.2) is 5.78 Å². The first-order valence-corrected chi connectivity index (χ1v) is 4.58. The van der Waals surface area contributed by atoms with Crippen LogP contribution in [0.25, 0.3) is 0 Å². The highest BCUT2D eigenvalue weighted by Gasteiger charge is 2.44. The van der Waals surface area contributed by atoms with E-state index in [0.717, 1.165) is 0 Å². The fourth-order valence-corrected chi connectivity index (χ4v) is 1.46. The van der Waals surface area contributed by atoms with E-state index in [0.29, 0.717) is 11.4 Å². The molecule has 0 aromatic carbocycles. The molecule has 0 bridgehead atoms. The van der Waals surface area contributed by atoms with E-state index in [1.807, 2.05) is 0 Å². The summed E-state index contributed by atoms with van der Waals surface area (Å²) in [5, 5.41) is 0. The normalized spacial score (nSPS) is 18.5. The summed E-state index contributed by atoms with van der Waals surface area (Å²) in [5.41, 5.74) is 0.492. The molecule has 1 fully saturated rings. The number of Topliss-reactive ketones (excluding diaryl/α,β-unsaturated/α-hetero) is 1. The summed E-state index contributed by atoms with van der Waals surface area (Å²) in [6, 6.07) is 3.19. The summed E-state index contributed by atoms with van der Waals surface area (Å²) in [7, 11) is 0. The van der Waals surface area contributed by atoms with Crippen molar-refractivity contribution in [3.05, 3.63) is 23.9 Å². The van der Waals surface area contributed by atoms with E-state index in [-0.39, 0.29) is 18.9 Å². The minimum atomic E-state index is -2.60. The van der Waals surface area contributed by atoms with Crippen molar-refractivity contribution in [2.45, 2.75) is 12.8 Å². The van der Waals surface area contributed by atoms with Gasteiger partial charge >= 0.3 is 0 Å². The molecule has 2 rings (SSSR count). The lowest BCUT2D eigenvalue weighted by Crippen LogP contribution is -2.56. The van der Waals surface area contributed by atoms with Crippen molar-refractivity contribution in [3.8, 4) is 0 Å². The highest BCUT2D eigenvalue weighted by molar-refractivity contribution is 5.93. The number of hydrogen-bond acceptors (Lipinski definition) is 3. The van der Waals surface area contributed by atoms with Crippen molar-refractivity contribution in [2.75, 3.05) is 18.0 Å². The number of ketones is 1. The zero-order valence-corrected chi connectivity index (χ0v) is 8.20. The van der Waals surface area contributed by atoms with E-state index in [4.69, 9.17) is 0 Å². The minimum Gasteiger partial charge on any atom is -0.344 e. The second-order valence-corrected chi connectivity index (χ2v) is 3.67. The Kier molecular flexibility index (Phi) is 2.17. The lowest BCUT2D eigenvalue weighted by atomic mass is 10.1. The Morgan fingerprint density at radius 3 is 2.53 bits per heavy atom. The van der Waals surface area contributed by atoms with Crippen LogP contribution in [0.4, 0.5) is 14.6 Å². The number of nitrogens with zero attached hydrogens (tertiary/aromatic N) is 2. The lowest BCUT2D eigenvalue weighted by molar-refractivity contribution is -0.0267. The molecule has 0 saturated carbocycles. The maximum absolute atomic E-state index is 12.6. The number of halogens is 2. The highest BCUT2D eigenvalue weighted by Crippen LogP contribution is 2.30. The molecule has 0 spiro atoms. The SMILES string of the molecule is CC(=O)c1ccc(N2CC(F)(F)C2)nc1. The molecule has 0 atom stereocenters. The molecule has 0 amide bonds. The van der Waals surface area contributed by atoms with Crippen LogP contribution >= 0.6 is 0 Å². The van der Waals surface area contributed by atoms with Gasteiger partial charge in [0.2, 0.25) is 0 Å². The van der Waals surface area contributed by atoms with Crippen LogP contribution in [0.15, 0.2) is 18.3 Å². The van der Waals surface area contributed by atoms with Gasteiger partial charge < -0.3 is 4.90 Å². The number of alkyl halides is 2. The number of carbonyl (C=O) groups excluding carboxylic acids is 1. The van der Waals surface area contributed by atoms with E-state index in [1.165, 1.54) is 18.0 Å². The van der Waals surface area contributed by atoms with Gasteiger partial charge in [-0.25, -0.2) is 13.8 Å². The molecule has 0 radical (unpaired) electrons. The molecule has 3 nitrogen and oxygen atoms in total. The van der Waals surface area contributed by atoms with E-state index in [9.17, 15) is 13.6 Å². The quantitative estimate of drug-likeness (QED) is 0.700. The van der Waals surface area contributed by atoms with Crippen molar-refractivity contribution in [3.63, 3.8) is 0 Å². The first kappa shape index (κ1) is 10.0. The Morgan fingerprint density at radius 2 is 2.13 bits per heavy atom. The Labute approximate surface area is 85.7 Å². The number of aromatic nitrogens is 1. The van der Waals surface area contributed by atoms with Gasteiger partial charge in [-0.05, 0) is 19.1 Å². The highest BCUT2D eigenvalue weighted by atomic mass is 19.3. The molecular formula is C10H10F2N2O. The van der Waals surface area contributed by atoms with Crippen LogP contribution in [0, 0.1) is 0 Å². The summed E-state index contributed by atoms with van der Waals surface area (Å²) in [6.07, 6.45) is 1.41. The number of carbonyl (C=O) groups is 1. The van der Waals surface area contributed by atoms with Gasteiger partial charge in [0.25, 0.3) is 5.92 Å². The van der Waals surface area contributed by atoms with Crippen molar-refractivity contribution >= 4 is 11.6 Å². The van der Waals surface area contributed by atoms with Gasteiger partial charge in [-0.2, -0.15) is 0 Å². The van der Waals surface area contributed by atoms with Crippen LogP contribution in [0.1, 0.15) is 17.3 Å². The van der Waals surface area contributed by atoms with E-state index < -0.39 is 5.92 Å². The third kappa shape index (κ3) is 1.95. The zero-order chi connectivity index (χ0) is 11.1. The maximum Gasteiger partial charge on any atom is 0.282 e. The number of hydrogen-bond donors (Lipinski definition) is 0. The van der Waals surface area contributed by atoms with Crippen molar-refractivity contribution in [1.29, 1.82) is 0 Å². The predicted molar refractivity (Wildman–Crippen MR) is 51.4 cm³/mol. The topological polar surface area (TPSA) is 33.2 Å². The Hall–Kier alpha value is -1.52. The molecule has 80 valence electrons. The predicted octanol–water partition coefficient (Wildman–Crippen LogP) is 1.74. The van der Waals surface area contributed by atoms with Crippen LogP contribution in [0.5, 0.6) is 0 Å². The second kappa shape index (κ2) is 3.25. The van der Waals surface area contributed by atoms with Crippen LogP contribution in [-0.2, 0) is 0 Å². The van der Waals surface area contributed by atoms with Crippen molar-refractivity contribution in [2.24, 2.45) is 0 Å². The Bertz CT molecular complexity index is 381. The Morgan fingerprint density at radius 1 is 1.47 bits per heavy atom. The van der Waals surface area contributed by atoms with E-state index >= 15 is 0 Å². The molecule has 1 saturated heterocycles. The molecule has 1 aliphatic heterocycles. The van der Waals surface area contributed by atoms with Gasteiger partial charge in [0.1, 0.15) is 5.82 Å². The summed E-state index contributed by atoms with van der Waals surface area (Å²) >= 11 is 0. The largest absolute Gasteiger partial charge is 0.344 e. The number of anilines is 1. The van der Waals surface area contributed by atoms with Gasteiger partial charge in [-0.3, -0.25) is 4.79 Å². The van der Waals surface area contributed by atoms with Crippen LogP contribution in [-0.4, -0.2) is 29.8 Å². The summed E-state index contributed by atoms with van der Waals surface area (Å²) in [4.78, 5) is 16.4. The third-order valence-corrected chi connectivity index (χ3v) is 2.32. The standard InChI is InChI=1S/C10H10F2N2O/c1-7(15)8-2-3-9(13-4-8)14-5-10(11,12)6-14/h2-4H,5-6H2,1H3. The molecule has 0 aliphatic carbocycles. The first-order chi connectivity index (χ1) is 6.98. The zero-order valence-electron chi connectivity index (χ0n) is 8.20. The molecule has 5 heteroatoms. The third-order valence-electron chi connectivity index (χ3n) is 2.32. The molecule has 0 unspecified atom stereocenters. The number of pyridine rings is 1. The van der Waals surface area contributed by atoms with E-state index in [2.05, 4.69) is 4.98 Å². The minimum absolute atomic E-state index is 0.0806. The summed E-state index contributed by atoms with van der Waals surface area (Å²) in [6.45, 7) is 0.854. The average molecular weight is 212 g/mol. The first-order valence-electron chi connectivity index (χ1n) is 4.58. The molecule has 0 N–H and O–H groups in total. The van der Waals surface area contributed by atoms with Crippen molar-refractivity contribution < 1.29 is 13.6 Å². The monoisotopic (exact) mass is 212 g/mol. The Balaban J connectivity index is 2.09. The second-order valence-electron chi connectivity index (χ2n) is 3.67. The maximum atomic E-state index is 12.6. The van der Waals surface area contributed by atoms with Crippen molar-refractivity contribution in [1.82, 2.24) is 4.98 Å². The smallest absolute Gasteiger partial charge is 0.282 e. The molecule has 15 heavy (non-hydrogen) atoms. The van der Waals surface area contributed by atoms with Crippen LogP contribution in [0.2, 0.25) is 0 Å². The summed E-state index contributed by atoms with van der Waals surface area (Å²) in [5.74, 6) is -2.19. The molecule has 1 aromatic rings. The average Bonchev–Trinajstić information content (AvgIpc) is 2.14. The van der Waals surface area contributed by atoms with Gasteiger partial charge in [-0.1, -0.05) is 0 Å². The van der Waals surface area contributed by atoms with Crippen LogP contribution in [0.3, 0.4) is 0 Å². The summed E-state index contributed by atoms with van der Waals surface area (Å²) < 4.78 is 25.1. The number of rotatable bonds is 2. The molecule has 2 heterocycles. The van der Waals surface area contributed by atoms with Gasteiger partial charge in [0, 0.05) is 11.8 Å². The lowest BCUT2D eigenvalue weighted by Gasteiger charge is -2.39. The fraction of sp³-hybridized carbons (Fsp3) is 0.400. The molecular weight excluding hydrogens is 202 g/mol. The molecule has 1 aliphatic rings. The molecule has 1 aromatic heterocycles. The van der Waals surface area contributed by atoms with Crippen LogP contribution < -0.4 is 4.90 Å². The van der Waals surface area contributed by atoms with Gasteiger partial charge in [-0.15, -0.1) is 0 Å². The van der Waals surface area contributed by atoms with Gasteiger partial charge in [0.05, 0.1) is 13.1 Å².